The van der Waals surface area contributed by atoms with Crippen LogP contribution in [-0.4, -0.2) is 38.7 Å². The number of fused-ring (bicyclic) bond motifs is 1. The number of aryl methyl sites for hydroxylation is 3. The molecule has 0 saturated carbocycles. The summed E-state index contributed by atoms with van der Waals surface area (Å²) in [6, 6.07) is 24.2. The highest BCUT2D eigenvalue weighted by molar-refractivity contribution is 6.30. The molecule has 0 unspecified atom stereocenters. The smallest absolute Gasteiger partial charge is 0.127 e. The van der Waals surface area contributed by atoms with Crippen LogP contribution in [0, 0.1) is 11.3 Å². The molecule has 0 amide bonds. The maximum atomic E-state index is 9.39. The summed E-state index contributed by atoms with van der Waals surface area (Å²) in [6.45, 7) is 8.77. The minimum absolute atomic E-state index is 0.499. The van der Waals surface area contributed by atoms with E-state index in [2.05, 4.69) is 70.6 Å². The van der Waals surface area contributed by atoms with E-state index in [1.54, 1.807) is 0 Å². The number of piperidine rings is 1. The minimum Gasteiger partial charge on any atom is -0.457 e. The Morgan fingerprint density at radius 3 is 2.30 bits per heavy atom. The van der Waals surface area contributed by atoms with Crippen molar-refractivity contribution in [2.75, 3.05) is 19.6 Å². The Morgan fingerprint density at radius 2 is 1.60 bits per heavy atom. The van der Waals surface area contributed by atoms with Gasteiger partial charge in [-0.2, -0.15) is 5.26 Å². The molecule has 0 bridgehead atoms. The van der Waals surface area contributed by atoms with Crippen molar-refractivity contribution in [3.8, 4) is 23.3 Å². The molecule has 0 atom stereocenters. The number of likely N-dealkylation sites (tertiary alicyclic amines) is 1. The molecule has 7 heteroatoms. The van der Waals surface area contributed by atoms with Crippen molar-refractivity contribution in [2.45, 2.75) is 84.1 Å². The molecule has 1 aliphatic heterocycles. The van der Waals surface area contributed by atoms with Crippen molar-refractivity contribution in [3.63, 3.8) is 0 Å². The topological polar surface area (TPSA) is 59.0 Å². The molecule has 3 aromatic carbocycles. The van der Waals surface area contributed by atoms with Gasteiger partial charge in [0, 0.05) is 52.9 Å². The van der Waals surface area contributed by atoms with Crippen LogP contribution in [0.25, 0.3) is 16.6 Å². The Hall–Kier alpha value is -4.05. The van der Waals surface area contributed by atoms with E-state index in [1.165, 1.54) is 41.4 Å². The van der Waals surface area contributed by atoms with Crippen LogP contribution in [-0.2, 0) is 19.4 Å². The van der Waals surface area contributed by atoms with Crippen molar-refractivity contribution in [1.29, 1.82) is 5.26 Å². The average Bonchev–Trinajstić information content (AvgIpc) is 3.69. The normalized spacial score (nSPS) is 14.1. The standard InChI is InChI=1S/C40H46ClN5O/c1-3-5-6-10-40-43-38(29-46(40)34-14-18-36(19-15-34)47-35-16-12-33(41)13-17-35)31-21-24-44(25-22-31)23-8-7-9-32-28-45(4-2)39-20-11-30(27-42)26-37(32)39/h11-20,26,28-29,31H,3-10,21-25H2,1-2H3. The predicted octanol–water partition coefficient (Wildman–Crippen LogP) is 10.1. The van der Waals surface area contributed by atoms with Gasteiger partial charge < -0.3 is 18.8 Å². The number of hydrogen-bond acceptors (Lipinski definition) is 4. The van der Waals surface area contributed by atoms with Crippen LogP contribution < -0.4 is 4.74 Å². The highest BCUT2D eigenvalue weighted by atomic mass is 35.5. The van der Waals surface area contributed by atoms with Gasteiger partial charge in [0.2, 0.25) is 0 Å². The molecule has 3 heterocycles. The van der Waals surface area contributed by atoms with Gasteiger partial charge in [0.05, 0.1) is 17.3 Å². The number of halogens is 1. The summed E-state index contributed by atoms with van der Waals surface area (Å²) in [4.78, 5) is 7.88. The number of aromatic nitrogens is 3. The van der Waals surface area contributed by atoms with E-state index >= 15 is 0 Å². The van der Waals surface area contributed by atoms with E-state index in [0.29, 0.717) is 10.9 Å². The highest BCUT2D eigenvalue weighted by Crippen LogP contribution is 2.31. The molecular weight excluding hydrogens is 602 g/mol. The van der Waals surface area contributed by atoms with Crippen LogP contribution in [0.3, 0.4) is 0 Å². The molecular formula is C40H46ClN5O. The summed E-state index contributed by atoms with van der Waals surface area (Å²) in [5.41, 5.74) is 5.71. The lowest BCUT2D eigenvalue weighted by atomic mass is 9.94. The molecule has 1 saturated heterocycles. The first kappa shape index (κ1) is 32.9. The SMILES string of the molecule is CCCCCc1nc(C2CCN(CCCCc3cn(CC)c4ccc(C#N)cc34)CC2)cn1-c1ccc(Oc2ccc(Cl)cc2)cc1. The second kappa shape index (κ2) is 15.7. The van der Waals surface area contributed by atoms with Crippen LogP contribution in [0.15, 0.2) is 79.1 Å². The molecule has 47 heavy (non-hydrogen) atoms. The number of unbranched alkanes of at least 4 members (excludes halogenated alkanes) is 3. The Morgan fingerprint density at radius 1 is 0.872 bits per heavy atom. The number of benzene rings is 3. The fourth-order valence-corrected chi connectivity index (χ4v) is 7.01. The van der Waals surface area contributed by atoms with E-state index in [0.717, 1.165) is 93.3 Å². The van der Waals surface area contributed by atoms with Crippen molar-refractivity contribution in [1.82, 2.24) is 19.0 Å². The Labute approximate surface area is 284 Å². The monoisotopic (exact) mass is 647 g/mol. The summed E-state index contributed by atoms with van der Waals surface area (Å²) in [7, 11) is 0. The summed E-state index contributed by atoms with van der Waals surface area (Å²) in [5.74, 6) is 3.24. The zero-order chi connectivity index (χ0) is 32.6. The van der Waals surface area contributed by atoms with Crippen LogP contribution in [0.4, 0.5) is 0 Å². The zero-order valence-electron chi connectivity index (χ0n) is 27.8. The third kappa shape index (κ3) is 8.09. The van der Waals surface area contributed by atoms with E-state index in [4.69, 9.17) is 21.3 Å². The van der Waals surface area contributed by atoms with Crippen molar-refractivity contribution in [3.05, 3.63) is 107 Å². The molecule has 2 aromatic heterocycles. The molecule has 5 aromatic rings. The summed E-state index contributed by atoms with van der Waals surface area (Å²) in [6.07, 6.45) is 14.9. The first-order valence-electron chi connectivity index (χ1n) is 17.4. The second-order valence-corrected chi connectivity index (χ2v) is 13.3. The minimum atomic E-state index is 0.499. The number of rotatable bonds is 14. The predicted molar refractivity (Wildman–Crippen MR) is 192 cm³/mol. The van der Waals surface area contributed by atoms with Crippen molar-refractivity contribution < 1.29 is 4.74 Å². The molecule has 0 spiro atoms. The zero-order valence-corrected chi connectivity index (χ0v) is 28.6. The molecule has 0 N–H and O–H groups in total. The molecule has 244 valence electrons. The van der Waals surface area contributed by atoms with Crippen molar-refractivity contribution >= 4 is 22.5 Å². The van der Waals surface area contributed by atoms with Crippen molar-refractivity contribution in [2.24, 2.45) is 0 Å². The lowest BCUT2D eigenvalue weighted by Crippen LogP contribution is -2.33. The molecule has 0 aliphatic carbocycles. The molecule has 0 radical (unpaired) electrons. The van der Waals surface area contributed by atoms with Crippen LogP contribution in [0.1, 0.15) is 87.4 Å². The third-order valence-corrected chi connectivity index (χ3v) is 9.83. The quantitative estimate of drug-likeness (QED) is 0.113. The second-order valence-electron chi connectivity index (χ2n) is 12.8. The lowest BCUT2D eigenvalue weighted by molar-refractivity contribution is 0.207. The number of ether oxygens (including phenoxy) is 1. The van der Waals surface area contributed by atoms with E-state index < -0.39 is 0 Å². The van der Waals surface area contributed by atoms with Gasteiger partial charge in [-0.25, -0.2) is 4.98 Å². The fraction of sp³-hybridized carbons (Fsp3) is 0.400. The fourth-order valence-electron chi connectivity index (χ4n) is 6.89. The maximum Gasteiger partial charge on any atom is 0.127 e. The third-order valence-electron chi connectivity index (χ3n) is 9.58. The Bertz CT molecular complexity index is 1790. The van der Waals surface area contributed by atoms with Gasteiger partial charge >= 0.3 is 0 Å². The van der Waals surface area contributed by atoms with Crippen LogP contribution >= 0.6 is 11.6 Å². The summed E-state index contributed by atoms with van der Waals surface area (Å²) < 4.78 is 10.6. The van der Waals surface area contributed by atoms with E-state index in [9.17, 15) is 5.26 Å². The summed E-state index contributed by atoms with van der Waals surface area (Å²) >= 11 is 6.03. The van der Waals surface area contributed by atoms with Gasteiger partial charge in [-0.15, -0.1) is 0 Å². The maximum absolute atomic E-state index is 9.39. The lowest BCUT2D eigenvalue weighted by Gasteiger charge is -2.31. The first-order chi connectivity index (χ1) is 23.0. The van der Waals surface area contributed by atoms with Gasteiger partial charge in [-0.05, 0) is 137 Å². The Kier molecular flexibility index (Phi) is 11.0. The molecule has 6 rings (SSSR count). The largest absolute Gasteiger partial charge is 0.457 e. The van der Waals surface area contributed by atoms with Crippen LogP contribution in [0.5, 0.6) is 11.5 Å². The highest BCUT2D eigenvalue weighted by Gasteiger charge is 2.24. The molecule has 1 fully saturated rings. The molecule has 1 aliphatic rings. The van der Waals surface area contributed by atoms with Gasteiger partial charge in [0.25, 0.3) is 0 Å². The van der Waals surface area contributed by atoms with E-state index in [1.807, 2.05) is 42.5 Å². The summed E-state index contributed by atoms with van der Waals surface area (Å²) in [5, 5.41) is 11.3. The Balaban J connectivity index is 1.04. The van der Waals surface area contributed by atoms with Gasteiger partial charge in [0.1, 0.15) is 17.3 Å². The van der Waals surface area contributed by atoms with Crippen LogP contribution in [0.2, 0.25) is 5.02 Å². The molecule has 6 nitrogen and oxygen atoms in total. The van der Waals surface area contributed by atoms with Gasteiger partial charge in [-0.3, -0.25) is 0 Å². The number of imidazole rings is 1. The number of nitrogens with zero attached hydrogens (tertiary/aromatic N) is 5. The van der Waals surface area contributed by atoms with Gasteiger partial charge in [-0.1, -0.05) is 31.4 Å². The average molecular weight is 648 g/mol. The van der Waals surface area contributed by atoms with Gasteiger partial charge in [0.15, 0.2) is 0 Å². The first-order valence-corrected chi connectivity index (χ1v) is 17.8. The number of nitriles is 1. The number of hydrogen-bond donors (Lipinski definition) is 0. The van der Waals surface area contributed by atoms with E-state index in [-0.39, 0.29) is 0 Å².